The van der Waals surface area contributed by atoms with Crippen LogP contribution in [0.1, 0.15) is 64.9 Å². The first-order valence-corrected chi connectivity index (χ1v) is 13.2. The first-order chi connectivity index (χ1) is 14.6. The summed E-state index contributed by atoms with van der Waals surface area (Å²) in [5.41, 5.74) is 2.56. The maximum absolute atomic E-state index is 12.2. The van der Waals surface area contributed by atoms with Crippen molar-refractivity contribution < 1.29 is 4.21 Å². The third-order valence-corrected chi connectivity index (χ3v) is 8.21. The second kappa shape index (κ2) is 11.7. The van der Waals surface area contributed by atoms with Crippen LogP contribution in [0.3, 0.4) is 0 Å². The van der Waals surface area contributed by atoms with Gasteiger partial charge in [0.25, 0.3) is 0 Å². The fourth-order valence-corrected chi connectivity index (χ4v) is 5.86. The molecule has 2 N–H and O–H groups in total. The van der Waals surface area contributed by atoms with E-state index < -0.39 is 10.8 Å². The molecule has 3 unspecified atom stereocenters. The summed E-state index contributed by atoms with van der Waals surface area (Å²) in [7, 11) is -0.697. The summed E-state index contributed by atoms with van der Waals surface area (Å²) >= 11 is 0. The van der Waals surface area contributed by atoms with Crippen molar-refractivity contribution in [2.45, 2.75) is 77.1 Å². The summed E-state index contributed by atoms with van der Waals surface area (Å²) in [6.07, 6.45) is 6.92. The molecule has 5 nitrogen and oxygen atoms in total. The summed E-state index contributed by atoms with van der Waals surface area (Å²) in [5.74, 6) is 2.49. The second-order valence-electron chi connectivity index (χ2n) is 8.83. The van der Waals surface area contributed by atoms with E-state index >= 15 is 0 Å². The molecule has 0 amide bonds. The number of anilines is 1. The monoisotopic (exact) mass is 432 g/mol. The zero-order valence-corrected chi connectivity index (χ0v) is 19.8. The van der Waals surface area contributed by atoms with Gasteiger partial charge in [-0.05, 0) is 62.6 Å². The Kier molecular flexibility index (Phi) is 9.04. The standard InChI is InChI=1S/C24H40N4OS/c1-4-25-24(27-21-7-6-8-23(17-21)30(29)5-2)26-18-20-9-11-22(12-10-20)28-15-13-19(3)14-16-28/h9-12,19,21,23H,4-8,13-18H2,1-3H3,(H2,25,26,27). The summed E-state index contributed by atoms with van der Waals surface area (Å²) in [6.45, 7) is 10.3. The van der Waals surface area contributed by atoms with Crippen molar-refractivity contribution >= 4 is 22.4 Å². The Labute approximate surface area is 185 Å². The highest BCUT2D eigenvalue weighted by Gasteiger charge is 2.26. The number of aliphatic imine (C=N–C) groups is 1. The number of hydrogen-bond acceptors (Lipinski definition) is 3. The van der Waals surface area contributed by atoms with Crippen LogP contribution in [-0.2, 0) is 17.3 Å². The van der Waals surface area contributed by atoms with Gasteiger partial charge >= 0.3 is 0 Å². The Morgan fingerprint density at radius 3 is 2.53 bits per heavy atom. The predicted molar refractivity (Wildman–Crippen MR) is 130 cm³/mol. The predicted octanol–water partition coefficient (Wildman–Crippen LogP) is 4.06. The van der Waals surface area contributed by atoms with Gasteiger partial charge < -0.3 is 15.5 Å². The van der Waals surface area contributed by atoms with E-state index in [1.807, 2.05) is 6.92 Å². The molecular weight excluding hydrogens is 392 g/mol. The van der Waals surface area contributed by atoms with Crippen LogP contribution in [0.5, 0.6) is 0 Å². The van der Waals surface area contributed by atoms with Gasteiger partial charge in [0.15, 0.2) is 5.96 Å². The number of hydrogen-bond donors (Lipinski definition) is 2. The fraction of sp³-hybridized carbons (Fsp3) is 0.708. The van der Waals surface area contributed by atoms with Crippen molar-refractivity contribution in [3.63, 3.8) is 0 Å². The Balaban J connectivity index is 1.55. The molecule has 2 aliphatic rings. The van der Waals surface area contributed by atoms with E-state index in [0.717, 1.165) is 49.9 Å². The summed E-state index contributed by atoms with van der Waals surface area (Å²) < 4.78 is 12.2. The van der Waals surface area contributed by atoms with Crippen LogP contribution in [-0.4, -0.2) is 46.8 Å². The van der Waals surface area contributed by atoms with Crippen molar-refractivity contribution in [1.82, 2.24) is 10.6 Å². The van der Waals surface area contributed by atoms with E-state index in [1.54, 1.807) is 0 Å². The topological polar surface area (TPSA) is 56.7 Å². The first kappa shape index (κ1) is 23.1. The van der Waals surface area contributed by atoms with Crippen molar-refractivity contribution in [2.75, 3.05) is 30.3 Å². The van der Waals surface area contributed by atoms with Crippen LogP contribution in [0.4, 0.5) is 5.69 Å². The molecular formula is C24H40N4OS. The Bertz CT molecular complexity index is 698. The minimum absolute atomic E-state index is 0.328. The van der Waals surface area contributed by atoms with E-state index in [2.05, 4.69) is 53.6 Å². The third-order valence-electron chi connectivity index (χ3n) is 6.47. The van der Waals surface area contributed by atoms with E-state index in [9.17, 15) is 4.21 Å². The lowest BCUT2D eigenvalue weighted by Gasteiger charge is -2.32. The summed E-state index contributed by atoms with van der Waals surface area (Å²) in [5, 5.41) is 7.31. The zero-order valence-electron chi connectivity index (χ0n) is 19.0. The van der Waals surface area contributed by atoms with Crippen LogP contribution in [0.2, 0.25) is 0 Å². The second-order valence-corrected chi connectivity index (χ2v) is 10.8. The van der Waals surface area contributed by atoms with E-state index in [0.29, 0.717) is 17.8 Å². The lowest BCUT2D eigenvalue weighted by atomic mass is 9.95. The molecule has 1 aliphatic carbocycles. The van der Waals surface area contributed by atoms with Crippen LogP contribution >= 0.6 is 0 Å². The molecule has 1 saturated carbocycles. The molecule has 1 aromatic rings. The normalized spacial score (nSPS) is 24.5. The highest BCUT2D eigenvalue weighted by Crippen LogP contribution is 2.24. The maximum atomic E-state index is 12.2. The summed E-state index contributed by atoms with van der Waals surface area (Å²) in [6, 6.07) is 9.27. The van der Waals surface area contributed by atoms with Gasteiger partial charge in [-0.15, -0.1) is 0 Å². The zero-order chi connectivity index (χ0) is 21.3. The van der Waals surface area contributed by atoms with E-state index in [-0.39, 0.29) is 0 Å². The SMILES string of the molecule is CCNC(=NCc1ccc(N2CCC(C)CC2)cc1)NC1CCCC(S(=O)CC)C1. The van der Waals surface area contributed by atoms with Crippen molar-refractivity contribution in [3.8, 4) is 0 Å². The fourth-order valence-electron chi connectivity index (χ4n) is 4.51. The summed E-state index contributed by atoms with van der Waals surface area (Å²) in [4.78, 5) is 7.32. The van der Waals surface area contributed by atoms with Crippen LogP contribution < -0.4 is 15.5 Å². The molecule has 0 bridgehead atoms. The van der Waals surface area contributed by atoms with Gasteiger partial charge in [0, 0.05) is 53.2 Å². The molecule has 0 radical (unpaired) electrons. The van der Waals surface area contributed by atoms with Gasteiger partial charge in [-0.2, -0.15) is 0 Å². The molecule has 1 heterocycles. The van der Waals surface area contributed by atoms with E-state index in [1.165, 1.54) is 37.2 Å². The number of piperidine rings is 1. The van der Waals surface area contributed by atoms with Gasteiger partial charge in [-0.3, -0.25) is 4.21 Å². The highest BCUT2D eigenvalue weighted by atomic mass is 32.2. The first-order valence-electron chi connectivity index (χ1n) is 11.8. The number of rotatable bonds is 7. The Hall–Kier alpha value is -1.56. The molecule has 0 spiro atoms. The Morgan fingerprint density at radius 2 is 1.87 bits per heavy atom. The molecule has 1 aliphatic heterocycles. The lowest BCUT2D eigenvalue weighted by molar-refractivity contribution is 0.413. The third kappa shape index (κ3) is 6.73. The largest absolute Gasteiger partial charge is 0.372 e. The highest BCUT2D eigenvalue weighted by molar-refractivity contribution is 7.85. The van der Waals surface area contributed by atoms with Gasteiger partial charge in [-0.1, -0.05) is 32.4 Å². The average Bonchev–Trinajstić information content (AvgIpc) is 2.78. The van der Waals surface area contributed by atoms with Crippen molar-refractivity contribution in [1.29, 1.82) is 0 Å². The van der Waals surface area contributed by atoms with Gasteiger partial charge in [-0.25, -0.2) is 4.99 Å². The van der Waals surface area contributed by atoms with Crippen LogP contribution in [0.25, 0.3) is 0 Å². The number of nitrogens with one attached hydrogen (secondary N) is 2. The molecule has 1 saturated heterocycles. The molecule has 2 fully saturated rings. The van der Waals surface area contributed by atoms with E-state index in [4.69, 9.17) is 4.99 Å². The minimum Gasteiger partial charge on any atom is -0.372 e. The van der Waals surface area contributed by atoms with Gasteiger partial charge in [0.1, 0.15) is 0 Å². The Morgan fingerprint density at radius 1 is 1.13 bits per heavy atom. The van der Waals surface area contributed by atoms with Gasteiger partial charge in [0.2, 0.25) is 0 Å². The van der Waals surface area contributed by atoms with Crippen molar-refractivity contribution in [3.05, 3.63) is 29.8 Å². The molecule has 3 atom stereocenters. The number of benzene rings is 1. The number of nitrogens with zero attached hydrogens (tertiary/aromatic N) is 2. The quantitative estimate of drug-likeness (QED) is 0.504. The minimum atomic E-state index is -0.697. The molecule has 3 rings (SSSR count). The van der Waals surface area contributed by atoms with Gasteiger partial charge in [0.05, 0.1) is 6.54 Å². The van der Waals surface area contributed by atoms with Crippen molar-refractivity contribution in [2.24, 2.45) is 10.9 Å². The molecule has 1 aromatic carbocycles. The molecule has 0 aromatic heterocycles. The molecule has 168 valence electrons. The average molecular weight is 433 g/mol. The lowest BCUT2D eigenvalue weighted by Crippen LogP contribution is -2.46. The molecule has 6 heteroatoms. The smallest absolute Gasteiger partial charge is 0.191 e. The number of guanidine groups is 1. The molecule has 30 heavy (non-hydrogen) atoms. The maximum Gasteiger partial charge on any atom is 0.191 e. The van der Waals surface area contributed by atoms with Crippen LogP contribution in [0, 0.1) is 5.92 Å². The van der Waals surface area contributed by atoms with Crippen LogP contribution in [0.15, 0.2) is 29.3 Å².